The highest BCUT2D eigenvalue weighted by atomic mass is 35.5. The van der Waals surface area contributed by atoms with Crippen molar-refractivity contribution in [3.05, 3.63) is 59.5 Å². The fourth-order valence-corrected chi connectivity index (χ4v) is 3.97. The fourth-order valence-electron chi connectivity index (χ4n) is 2.59. The van der Waals surface area contributed by atoms with Crippen LogP contribution in [-0.4, -0.2) is 12.7 Å². The molecule has 3 aromatic rings. The molecule has 106 valence electrons. The zero-order valence-corrected chi connectivity index (χ0v) is 12.7. The van der Waals surface area contributed by atoms with Crippen molar-refractivity contribution in [3.63, 3.8) is 0 Å². The van der Waals surface area contributed by atoms with E-state index in [-0.39, 0.29) is 11.5 Å². The van der Waals surface area contributed by atoms with Gasteiger partial charge in [-0.15, -0.1) is 22.9 Å². The van der Waals surface area contributed by atoms with E-state index in [4.69, 9.17) is 21.1 Å². The van der Waals surface area contributed by atoms with Crippen molar-refractivity contribution in [2.24, 2.45) is 0 Å². The second-order valence-corrected chi connectivity index (χ2v) is 6.38. The lowest BCUT2D eigenvalue weighted by Crippen LogP contribution is -2.32. The van der Waals surface area contributed by atoms with Crippen LogP contribution in [0.5, 0.6) is 11.5 Å². The maximum atomic E-state index is 6.67. The van der Waals surface area contributed by atoms with Gasteiger partial charge >= 0.3 is 0 Å². The SMILES string of the molecule is ClC(c1csc2ccccc12)C1COc2ccccc2O1. The van der Waals surface area contributed by atoms with Crippen LogP contribution in [-0.2, 0) is 0 Å². The number of thiophene rings is 1. The molecule has 0 spiro atoms. The van der Waals surface area contributed by atoms with Gasteiger partial charge in [0.25, 0.3) is 0 Å². The number of para-hydroxylation sites is 2. The zero-order chi connectivity index (χ0) is 14.2. The lowest BCUT2D eigenvalue weighted by atomic mass is 10.1. The van der Waals surface area contributed by atoms with Crippen molar-refractivity contribution in [1.82, 2.24) is 0 Å². The Kier molecular flexibility index (Phi) is 3.24. The van der Waals surface area contributed by atoms with Crippen molar-refractivity contribution in [2.75, 3.05) is 6.61 Å². The third kappa shape index (κ3) is 2.27. The molecule has 0 aliphatic carbocycles. The van der Waals surface area contributed by atoms with Crippen molar-refractivity contribution in [2.45, 2.75) is 11.5 Å². The average molecular weight is 317 g/mol. The van der Waals surface area contributed by atoms with Gasteiger partial charge in [-0.3, -0.25) is 0 Å². The highest BCUT2D eigenvalue weighted by molar-refractivity contribution is 7.17. The van der Waals surface area contributed by atoms with E-state index >= 15 is 0 Å². The van der Waals surface area contributed by atoms with Crippen molar-refractivity contribution in [3.8, 4) is 11.5 Å². The van der Waals surface area contributed by atoms with Gasteiger partial charge in [-0.25, -0.2) is 0 Å². The maximum absolute atomic E-state index is 6.67. The summed E-state index contributed by atoms with van der Waals surface area (Å²) in [5.74, 6) is 1.55. The Balaban J connectivity index is 1.65. The molecule has 0 radical (unpaired) electrons. The third-order valence-electron chi connectivity index (χ3n) is 3.67. The quantitative estimate of drug-likeness (QED) is 0.618. The number of alkyl halides is 1. The molecule has 2 heterocycles. The molecule has 0 amide bonds. The van der Waals surface area contributed by atoms with Crippen LogP contribution in [0.15, 0.2) is 53.9 Å². The molecule has 1 aliphatic heterocycles. The summed E-state index contributed by atoms with van der Waals surface area (Å²) in [6.45, 7) is 0.468. The average Bonchev–Trinajstić information content (AvgIpc) is 2.98. The molecule has 2 aromatic carbocycles. The van der Waals surface area contributed by atoms with Crippen LogP contribution in [0, 0.1) is 0 Å². The van der Waals surface area contributed by atoms with E-state index in [9.17, 15) is 0 Å². The Morgan fingerprint density at radius 3 is 2.71 bits per heavy atom. The smallest absolute Gasteiger partial charge is 0.161 e. The van der Waals surface area contributed by atoms with E-state index < -0.39 is 0 Å². The summed E-state index contributed by atoms with van der Waals surface area (Å²) >= 11 is 8.38. The van der Waals surface area contributed by atoms with Crippen LogP contribution in [0.1, 0.15) is 10.9 Å². The summed E-state index contributed by atoms with van der Waals surface area (Å²) in [7, 11) is 0. The first-order chi connectivity index (χ1) is 10.3. The van der Waals surface area contributed by atoms with Crippen LogP contribution >= 0.6 is 22.9 Å². The minimum Gasteiger partial charge on any atom is -0.486 e. The number of fused-ring (bicyclic) bond motifs is 2. The molecular weight excluding hydrogens is 304 g/mol. The van der Waals surface area contributed by atoms with E-state index in [0.717, 1.165) is 17.1 Å². The van der Waals surface area contributed by atoms with Gasteiger partial charge in [-0.2, -0.15) is 0 Å². The molecule has 0 fully saturated rings. The molecule has 0 N–H and O–H groups in total. The topological polar surface area (TPSA) is 18.5 Å². The number of ether oxygens (including phenoxy) is 2. The minimum atomic E-state index is -0.227. The Morgan fingerprint density at radius 1 is 1.05 bits per heavy atom. The number of halogens is 1. The molecule has 21 heavy (non-hydrogen) atoms. The molecule has 2 unspecified atom stereocenters. The van der Waals surface area contributed by atoms with Crippen LogP contribution in [0.25, 0.3) is 10.1 Å². The molecule has 0 saturated carbocycles. The van der Waals surface area contributed by atoms with Gasteiger partial charge in [0.15, 0.2) is 17.6 Å². The summed E-state index contributed by atoms with van der Waals surface area (Å²) in [5.41, 5.74) is 1.12. The highest BCUT2D eigenvalue weighted by Gasteiger charge is 2.30. The molecule has 0 saturated heterocycles. The minimum absolute atomic E-state index is 0.181. The molecule has 4 rings (SSSR count). The predicted molar refractivity (Wildman–Crippen MR) is 86.8 cm³/mol. The first kappa shape index (κ1) is 13.0. The molecule has 4 heteroatoms. The number of hydrogen-bond acceptors (Lipinski definition) is 3. The standard InChI is InChI=1S/C17H13ClO2S/c18-17(12-10-21-16-8-4-1-5-11(12)16)15-9-19-13-6-2-3-7-14(13)20-15/h1-8,10,15,17H,9H2. The van der Waals surface area contributed by atoms with Crippen LogP contribution in [0.4, 0.5) is 0 Å². The molecule has 1 aliphatic rings. The normalized spacial score (nSPS) is 18.6. The Bertz CT molecular complexity index is 783. The van der Waals surface area contributed by atoms with E-state index in [1.165, 1.54) is 10.1 Å². The van der Waals surface area contributed by atoms with E-state index in [0.29, 0.717) is 6.61 Å². The Morgan fingerprint density at radius 2 is 1.81 bits per heavy atom. The van der Waals surface area contributed by atoms with Gasteiger partial charge in [-0.1, -0.05) is 30.3 Å². The molecule has 0 bridgehead atoms. The second kappa shape index (κ2) is 5.24. The molecule has 2 atom stereocenters. The highest BCUT2D eigenvalue weighted by Crippen LogP contribution is 2.40. The number of hydrogen-bond donors (Lipinski definition) is 0. The predicted octanol–water partition coefficient (Wildman–Crippen LogP) is 5.02. The zero-order valence-electron chi connectivity index (χ0n) is 11.2. The van der Waals surface area contributed by atoms with Gasteiger partial charge in [-0.05, 0) is 34.5 Å². The molecule has 2 nitrogen and oxygen atoms in total. The third-order valence-corrected chi connectivity index (χ3v) is 5.16. The first-order valence-electron chi connectivity index (χ1n) is 6.81. The maximum Gasteiger partial charge on any atom is 0.161 e. The summed E-state index contributed by atoms with van der Waals surface area (Å²) in [5, 5.41) is 3.09. The summed E-state index contributed by atoms with van der Waals surface area (Å²) < 4.78 is 13.0. The van der Waals surface area contributed by atoms with Gasteiger partial charge < -0.3 is 9.47 Å². The summed E-state index contributed by atoms with van der Waals surface area (Å²) in [6.07, 6.45) is -0.181. The Labute approximate surface area is 131 Å². The van der Waals surface area contributed by atoms with Crippen LogP contribution in [0.2, 0.25) is 0 Å². The molecular formula is C17H13ClO2S. The first-order valence-corrected chi connectivity index (χ1v) is 8.13. The van der Waals surface area contributed by atoms with E-state index in [2.05, 4.69) is 17.5 Å². The fraction of sp³-hybridized carbons (Fsp3) is 0.176. The van der Waals surface area contributed by atoms with Gasteiger partial charge in [0.2, 0.25) is 0 Å². The lowest BCUT2D eigenvalue weighted by molar-refractivity contribution is 0.0880. The van der Waals surface area contributed by atoms with Gasteiger partial charge in [0.1, 0.15) is 12.0 Å². The van der Waals surface area contributed by atoms with Crippen LogP contribution in [0.3, 0.4) is 0 Å². The second-order valence-electron chi connectivity index (χ2n) is 5.00. The van der Waals surface area contributed by atoms with Crippen LogP contribution < -0.4 is 9.47 Å². The number of benzene rings is 2. The summed E-state index contributed by atoms with van der Waals surface area (Å²) in [6, 6.07) is 16.0. The molecule has 1 aromatic heterocycles. The van der Waals surface area contributed by atoms with Gasteiger partial charge in [0, 0.05) is 4.70 Å². The Hall–Kier alpha value is -1.71. The van der Waals surface area contributed by atoms with Gasteiger partial charge in [0.05, 0.1) is 0 Å². The van der Waals surface area contributed by atoms with Crippen molar-refractivity contribution >= 4 is 33.0 Å². The van der Waals surface area contributed by atoms with Crippen molar-refractivity contribution < 1.29 is 9.47 Å². The van der Waals surface area contributed by atoms with E-state index in [1.54, 1.807) is 11.3 Å². The lowest BCUT2D eigenvalue weighted by Gasteiger charge is -2.29. The number of rotatable bonds is 2. The van der Waals surface area contributed by atoms with Crippen molar-refractivity contribution in [1.29, 1.82) is 0 Å². The monoisotopic (exact) mass is 316 g/mol. The summed E-state index contributed by atoms with van der Waals surface area (Å²) in [4.78, 5) is 0. The van der Waals surface area contributed by atoms with E-state index in [1.807, 2.05) is 36.4 Å². The largest absolute Gasteiger partial charge is 0.486 e.